The van der Waals surface area contributed by atoms with Crippen molar-refractivity contribution in [3.63, 3.8) is 0 Å². The molecule has 0 aromatic heterocycles. The number of nitrogens with one attached hydrogen (secondary N) is 3. The molecule has 1 rings (SSSR count). The van der Waals surface area contributed by atoms with Crippen molar-refractivity contribution < 1.29 is 16.8 Å². The first-order valence-electron chi connectivity index (χ1n) is 7.75. The molecule has 0 saturated heterocycles. The Hall–Kier alpha value is -0.920. The van der Waals surface area contributed by atoms with Crippen molar-refractivity contribution in [2.24, 2.45) is 4.99 Å². The summed E-state index contributed by atoms with van der Waals surface area (Å²) in [6.07, 6.45) is 1.70. The largest absolute Gasteiger partial charge is 0.354 e. The number of sulfonamides is 1. The summed E-state index contributed by atoms with van der Waals surface area (Å²) >= 11 is 0. The van der Waals surface area contributed by atoms with E-state index in [1.165, 1.54) is 25.4 Å². The van der Waals surface area contributed by atoms with E-state index in [2.05, 4.69) is 20.3 Å². The average molecular weight is 518 g/mol. The molecule has 0 spiro atoms. The third-order valence-corrected chi connectivity index (χ3v) is 5.90. The highest BCUT2D eigenvalue weighted by atomic mass is 127. The molecular weight excluding hydrogens is 491 g/mol. The Bertz CT molecular complexity index is 793. The van der Waals surface area contributed by atoms with Gasteiger partial charge in [-0.05, 0) is 38.1 Å². The van der Waals surface area contributed by atoms with Crippen molar-refractivity contribution in [3.05, 3.63) is 29.8 Å². The van der Waals surface area contributed by atoms with Crippen LogP contribution in [0.4, 0.5) is 0 Å². The fourth-order valence-corrected chi connectivity index (χ4v) is 3.49. The standard InChI is InChI=1S/C15H26N4O4S2.HI/c1-12(9-10-24(4,20)21)19-15(16-2)18-11-13-5-7-14(8-6-13)25(22,23)17-3;/h5-8,12,17H,9-11H2,1-4H3,(H2,16,18,19);1H. The minimum Gasteiger partial charge on any atom is -0.354 e. The molecule has 0 bridgehead atoms. The molecule has 0 aliphatic carbocycles. The maximum Gasteiger partial charge on any atom is 0.240 e. The average Bonchev–Trinajstić information content (AvgIpc) is 2.56. The molecule has 0 aliphatic rings. The zero-order valence-corrected chi connectivity index (χ0v) is 19.3. The molecule has 0 fully saturated rings. The van der Waals surface area contributed by atoms with Crippen LogP contribution in [0.3, 0.4) is 0 Å². The van der Waals surface area contributed by atoms with Crippen molar-refractivity contribution in [2.75, 3.05) is 26.1 Å². The summed E-state index contributed by atoms with van der Waals surface area (Å²) in [5, 5.41) is 6.23. The summed E-state index contributed by atoms with van der Waals surface area (Å²) in [7, 11) is -3.44. The molecule has 150 valence electrons. The Kier molecular flexibility index (Phi) is 10.7. The maximum atomic E-state index is 11.7. The van der Waals surface area contributed by atoms with Gasteiger partial charge in [0.2, 0.25) is 10.0 Å². The maximum absolute atomic E-state index is 11.7. The first kappa shape index (κ1) is 25.1. The minimum absolute atomic E-state index is 0. The van der Waals surface area contributed by atoms with Gasteiger partial charge in [0, 0.05) is 25.9 Å². The van der Waals surface area contributed by atoms with Crippen LogP contribution < -0.4 is 15.4 Å². The van der Waals surface area contributed by atoms with Gasteiger partial charge in [-0.2, -0.15) is 0 Å². The lowest BCUT2D eigenvalue weighted by Gasteiger charge is -2.17. The van der Waals surface area contributed by atoms with E-state index >= 15 is 0 Å². The first-order valence-corrected chi connectivity index (χ1v) is 11.3. The van der Waals surface area contributed by atoms with E-state index in [9.17, 15) is 16.8 Å². The molecule has 0 aliphatic heterocycles. The van der Waals surface area contributed by atoms with Crippen LogP contribution in [0.5, 0.6) is 0 Å². The van der Waals surface area contributed by atoms with E-state index in [1.54, 1.807) is 19.2 Å². The number of guanidine groups is 1. The number of sulfone groups is 1. The normalized spacial score (nSPS) is 13.6. The number of hydrogen-bond acceptors (Lipinski definition) is 5. The molecule has 0 heterocycles. The highest BCUT2D eigenvalue weighted by molar-refractivity contribution is 14.0. The van der Waals surface area contributed by atoms with E-state index in [0.29, 0.717) is 18.9 Å². The van der Waals surface area contributed by atoms with E-state index < -0.39 is 19.9 Å². The number of halogens is 1. The smallest absolute Gasteiger partial charge is 0.240 e. The Morgan fingerprint density at radius 3 is 2.19 bits per heavy atom. The SMILES string of the molecule is CN=C(NCc1ccc(S(=O)(=O)NC)cc1)NC(C)CCS(C)(=O)=O.I. The Labute approximate surface area is 173 Å². The quantitative estimate of drug-likeness (QED) is 0.265. The monoisotopic (exact) mass is 518 g/mol. The zero-order chi connectivity index (χ0) is 19.1. The van der Waals surface area contributed by atoms with Gasteiger partial charge in [-0.25, -0.2) is 21.6 Å². The number of nitrogens with zero attached hydrogens (tertiary/aromatic N) is 1. The van der Waals surface area contributed by atoms with Crippen molar-refractivity contribution >= 4 is 49.8 Å². The van der Waals surface area contributed by atoms with Crippen molar-refractivity contribution in [1.29, 1.82) is 0 Å². The molecule has 0 saturated carbocycles. The van der Waals surface area contributed by atoms with E-state index in [-0.39, 0.29) is 40.7 Å². The second-order valence-corrected chi connectivity index (χ2v) is 9.89. The number of aliphatic imine (C=N–C) groups is 1. The fourth-order valence-electron chi connectivity index (χ4n) is 1.98. The van der Waals surface area contributed by atoms with Gasteiger partial charge < -0.3 is 10.6 Å². The molecule has 0 amide bonds. The minimum atomic E-state index is -3.44. The highest BCUT2D eigenvalue weighted by Gasteiger charge is 2.11. The van der Waals surface area contributed by atoms with Crippen LogP contribution in [-0.2, 0) is 26.4 Å². The van der Waals surface area contributed by atoms with Gasteiger partial charge in [-0.1, -0.05) is 12.1 Å². The third kappa shape index (κ3) is 9.14. The van der Waals surface area contributed by atoms with Gasteiger partial charge in [0.05, 0.1) is 10.6 Å². The van der Waals surface area contributed by atoms with Gasteiger partial charge in [-0.15, -0.1) is 24.0 Å². The Morgan fingerprint density at radius 1 is 1.15 bits per heavy atom. The van der Waals surface area contributed by atoms with E-state index in [0.717, 1.165) is 5.56 Å². The van der Waals surface area contributed by atoms with Crippen LogP contribution in [0, 0.1) is 0 Å². The van der Waals surface area contributed by atoms with Crippen LogP contribution in [0.25, 0.3) is 0 Å². The number of hydrogen-bond donors (Lipinski definition) is 3. The summed E-state index contributed by atoms with van der Waals surface area (Å²) in [6, 6.07) is 6.46. The van der Waals surface area contributed by atoms with Crippen LogP contribution >= 0.6 is 24.0 Å². The van der Waals surface area contributed by atoms with Crippen LogP contribution in [0.2, 0.25) is 0 Å². The summed E-state index contributed by atoms with van der Waals surface area (Å²) in [5.74, 6) is 0.660. The predicted molar refractivity (Wildman–Crippen MR) is 115 cm³/mol. The highest BCUT2D eigenvalue weighted by Crippen LogP contribution is 2.09. The van der Waals surface area contributed by atoms with Crippen molar-refractivity contribution in [1.82, 2.24) is 15.4 Å². The zero-order valence-electron chi connectivity index (χ0n) is 15.3. The van der Waals surface area contributed by atoms with E-state index in [4.69, 9.17) is 0 Å². The molecule has 0 radical (unpaired) electrons. The van der Waals surface area contributed by atoms with Gasteiger partial charge in [0.15, 0.2) is 5.96 Å². The first-order chi connectivity index (χ1) is 11.6. The number of rotatable bonds is 8. The molecule has 8 nitrogen and oxygen atoms in total. The molecule has 1 unspecified atom stereocenters. The lowest BCUT2D eigenvalue weighted by Crippen LogP contribution is -2.42. The summed E-state index contributed by atoms with van der Waals surface area (Å²) in [5.41, 5.74) is 0.891. The predicted octanol–water partition coefficient (Wildman–Crippen LogP) is 0.701. The van der Waals surface area contributed by atoms with Crippen LogP contribution in [0.1, 0.15) is 18.9 Å². The molecule has 1 aromatic carbocycles. The molecule has 26 heavy (non-hydrogen) atoms. The van der Waals surface area contributed by atoms with Gasteiger partial charge in [0.1, 0.15) is 9.84 Å². The summed E-state index contributed by atoms with van der Waals surface area (Å²) < 4.78 is 48.0. The number of benzene rings is 1. The third-order valence-electron chi connectivity index (χ3n) is 3.49. The van der Waals surface area contributed by atoms with Crippen molar-refractivity contribution in [3.8, 4) is 0 Å². The van der Waals surface area contributed by atoms with Gasteiger partial charge in [0.25, 0.3) is 0 Å². The van der Waals surface area contributed by atoms with Gasteiger partial charge in [-0.3, -0.25) is 4.99 Å². The second kappa shape index (κ2) is 11.0. The molecule has 11 heteroatoms. The van der Waals surface area contributed by atoms with E-state index in [1.807, 2.05) is 6.92 Å². The Balaban J connectivity index is 0.00000625. The topological polar surface area (TPSA) is 117 Å². The fraction of sp³-hybridized carbons (Fsp3) is 0.533. The summed E-state index contributed by atoms with van der Waals surface area (Å²) in [6.45, 7) is 2.34. The second-order valence-electron chi connectivity index (χ2n) is 5.74. The molecular formula is C15H27IN4O4S2. The lowest BCUT2D eigenvalue weighted by molar-refractivity contribution is 0.581. The summed E-state index contributed by atoms with van der Waals surface area (Å²) in [4.78, 5) is 4.30. The lowest BCUT2D eigenvalue weighted by atomic mass is 10.2. The van der Waals surface area contributed by atoms with Crippen LogP contribution in [0.15, 0.2) is 34.2 Å². The van der Waals surface area contributed by atoms with Crippen LogP contribution in [-0.4, -0.2) is 54.9 Å². The van der Waals surface area contributed by atoms with Crippen molar-refractivity contribution in [2.45, 2.75) is 30.8 Å². The Morgan fingerprint density at radius 2 is 1.73 bits per heavy atom. The molecule has 1 aromatic rings. The van der Waals surface area contributed by atoms with Gasteiger partial charge >= 0.3 is 0 Å². The molecule has 1 atom stereocenters. The molecule has 3 N–H and O–H groups in total.